The number of piperidine rings is 1. The Labute approximate surface area is 192 Å². The van der Waals surface area contributed by atoms with Crippen molar-refractivity contribution in [1.29, 1.82) is 0 Å². The van der Waals surface area contributed by atoms with Gasteiger partial charge in [0.1, 0.15) is 0 Å². The Kier molecular flexibility index (Phi) is 6.80. The van der Waals surface area contributed by atoms with Gasteiger partial charge in [0, 0.05) is 6.04 Å². The van der Waals surface area contributed by atoms with Crippen LogP contribution in [-0.4, -0.2) is 57.6 Å². The normalized spacial score (nSPS) is 24.7. The van der Waals surface area contributed by atoms with E-state index in [1.807, 2.05) is 18.2 Å². The van der Waals surface area contributed by atoms with Crippen molar-refractivity contribution >= 4 is 19.7 Å². The summed E-state index contributed by atoms with van der Waals surface area (Å²) in [4.78, 5) is 2.35. The first-order valence-electron chi connectivity index (χ1n) is 11.5. The number of hydrogen-bond acceptors (Lipinski definition) is 5. The van der Waals surface area contributed by atoms with Crippen LogP contribution in [0.15, 0.2) is 59.5 Å². The Morgan fingerprint density at radius 3 is 2.16 bits per heavy atom. The van der Waals surface area contributed by atoms with E-state index in [0.717, 1.165) is 37.9 Å². The standard InChI is InChI=1S/C25H33NO4S2/c1-19(2)22-8-10-23(11-9-22)32(29,30)25-18-31(27,28)17-24(25)26-14-12-21(13-15-26)16-20-6-4-3-5-7-20/h3-11,19,21,24-25H,12-18H2,1-2H3/t24-,25-/m0/s1. The number of rotatable bonds is 6. The first-order chi connectivity index (χ1) is 15.2. The minimum atomic E-state index is -3.73. The molecule has 2 aliphatic rings. The van der Waals surface area contributed by atoms with Crippen molar-refractivity contribution in [1.82, 2.24) is 4.90 Å². The van der Waals surface area contributed by atoms with Gasteiger partial charge in [0.25, 0.3) is 0 Å². The maximum atomic E-state index is 13.5. The molecule has 5 nitrogen and oxygen atoms in total. The molecule has 2 fully saturated rings. The van der Waals surface area contributed by atoms with Crippen molar-refractivity contribution in [3.05, 3.63) is 65.7 Å². The minimum Gasteiger partial charge on any atom is -0.298 e. The first kappa shape index (κ1) is 23.5. The summed E-state index contributed by atoms with van der Waals surface area (Å²) in [6.45, 7) is 5.61. The highest BCUT2D eigenvalue weighted by molar-refractivity contribution is 7.96. The Bertz CT molecular complexity index is 1120. The van der Waals surface area contributed by atoms with Crippen LogP contribution in [0.1, 0.15) is 43.7 Å². The van der Waals surface area contributed by atoms with Gasteiger partial charge in [0.15, 0.2) is 19.7 Å². The molecule has 0 aromatic heterocycles. The quantitative estimate of drug-likeness (QED) is 0.637. The summed E-state index contributed by atoms with van der Waals surface area (Å²) in [5.41, 5.74) is 2.39. The van der Waals surface area contributed by atoms with Gasteiger partial charge in [0.05, 0.1) is 21.7 Å². The monoisotopic (exact) mass is 475 g/mol. The van der Waals surface area contributed by atoms with E-state index < -0.39 is 31.0 Å². The highest BCUT2D eigenvalue weighted by Gasteiger charge is 2.48. The summed E-state index contributed by atoms with van der Waals surface area (Å²) in [6, 6.07) is 16.9. The van der Waals surface area contributed by atoms with Crippen LogP contribution in [0.4, 0.5) is 0 Å². The second kappa shape index (κ2) is 9.27. The smallest absolute Gasteiger partial charge is 0.183 e. The zero-order valence-corrected chi connectivity index (χ0v) is 20.5. The topological polar surface area (TPSA) is 71.5 Å². The summed E-state index contributed by atoms with van der Waals surface area (Å²) in [5, 5.41) is -0.900. The number of benzene rings is 2. The predicted molar refractivity (Wildman–Crippen MR) is 128 cm³/mol. The van der Waals surface area contributed by atoms with Crippen LogP contribution in [-0.2, 0) is 26.1 Å². The Balaban J connectivity index is 1.49. The molecule has 0 amide bonds. The van der Waals surface area contributed by atoms with Crippen LogP contribution < -0.4 is 0 Å². The van der Waals surface area contributed by atoms with E-state index in [4.69, 9.17) is 0 Å². The molecule has 2 heterocycles. The molecular formula is C25H33NO4S2. The third-order valence-corrected chi connectivity index (χ3v) is 11.2. The fourth-order valence-electron chi connectivity index (χ4n) is 5.09. The molecule has 0 spiro atoms. The van der Waals surface area contributed by atoms with Crippen LogP contribution in [0.5, 0.6) is 0 Å². The van der Waals surface area contributed by atoms with Crippen molar-refractivity contribution in [3.63, 3.8) is 0 Å². The molecule has 0 aliphatic carbocycles. The molecule has 4 rings (SSSR count). The molecule has 2 saturated heterocycles. The first-order valence-corrected chi connectivity index (χ1v) is 14.8. The Hall–Kier alpha value is -1.70. The predicted octanol–water partition coefficient (Wildman–Crippen LogP) is 3.70. The van der Waals surface area contributed by atoms with E-state index in [0.29, 0.717) is 11.8 Å². The van der Waals surface area contributed by atoms with Gasteiger partial charge in [0.2, 0.25) is 0 Å². The van der Waals surface area contributed by atoms with Crippen molar-refractivity contribution in [2.45, 2.75) is 55.2 Å². The van der Waals surface area contributed by atoms with Gasteiger partial charge in [-0.3, -0.25) is 4.90 Å². The average molecular weight is 476 g/mol. The van der Waals surface area contributed by atoms with Crippen LogP contribution >= 0.6 is 0 Å². The lowest BCUT2D eigenvalue weighted by Crippen LogP contribution is -2.49. The molecular weight excluding hydrogens is 442 g/mol. The van der Waals surface area contributed by atoms with Gasteiger partial charge in [-0.2, -0.15) is 0 Å². The lowest BCUT2D eigenvalue weighted by Gasteiger charge is -2.37. The average Bonchev–Trinajstić information content (AvgIpc) is 3.11. The van der Waals surface area contributed by atoms with Gasteiger partial charge in [-0.15, -0.1) is 0 Å². The van der Waals surface area contributed by atoms with Crippen LogP contribution in [0, 0.1) is 5.92 Å². The molecule has 7 heteroatoms. The van der Waals surface area contributed by atoms with E-state index in [1.54, 1.807) is 12.1 Å². The molecule has 32 heavy (non-hydrogen) atoms. The zero-order valence-electron chi connectivity index (χ0n) is 18.9. The molecule has 2 aliphatic heterocycles. The van der Waals surface area contributed by atoms with Gasteiger partial charge in [-0.25, -0.2) is 16.8 Å². The lowest BCUT2D eigenvalue weighted by atomic mass is 9.89. The largest absolute Gasteiger partial charge is 0.298 e. The SMILES string of the molecule is CC(C)c1ccc(S(=O)(=O)[C@H]2CS(=O)(=O)C[C@@H]2N2CCC(Cc3ccccc3)CC2)cc1. The highest BCUT2D eigenvalue weighted by atomic mass is 32.2. The lowest BCUT2D eigenvalue weighted by molar-refractivity contribution is 0.144. The molecule has 2 aromatic rings. The second-order valence-electron chi connectivity index (χ2n) is 9.62. The van der Waals surface area contributed by atoms with Gasteiger partial charge in [-0.05, 0) is 67.4 Å². The molecule has 174 valence electrons. The molecule has 0 bridgehead atoms. The summed E-state index contributed by atoms with van der Waals surface area (Å²) >= 11 is 0. The van der Waals surface area contributed by atoms with Crippen LogP contribution in [0.25, 0.3) is 0 Å². The summed E-state index contributed by atoms with van der Waals surface area (Å²) in [5.74, 6) is 0.508. The summed E-state index contributed by atoms with van der Waals surface area (Å²) < 4.78 is 52.0. The van der Waals surface area contributed by atoms with E-state index in [2.05, 4.69) is 43.0 Å². The number of nitrogens with zero attached hydrogens (tertiary/aromatic N) is 1. The molecule has 0 radical (unpaired) electrons. The molecule has 0 N–H and O–H groups in total. The Morgan fingerprint density at radius 1 is 0.938 bits per heavy atom. The summed E-state index contributed by atoms with van der Waals surface area (Å²) in [6.07, 6.45) is 2.93. The van der Waals surface area contributed by atoms with Gasteiger partial charge >= 0.3 is 0 Å². The molecule has 2 atom stereocenters. The third kappa shape index (κ3) is 5.10. The maximum absolute atomic E-state index is 13.5. The number of sulfone groups is 2. The van der Waals surface area contributed by atoms with Crippen molar-refractivity contribution < 1.29 is 16.8 Å². The number of hydrogen-bond donors (Lipinski definition) is 0. The third-order valence-electron chi connectivity index (χ3n) is 7.03. The second-order valence-corrected chi connectivity index (χ2v) is 13.9. The van der Waals surface area contributed by atoms with Gasteiger partial charge < -0.3 is 0 Å². The summed E-state index contributed by atoms with van der Waals surface area (Å²) in [7, 11) is -7.12. The molecule has 2 aromatic carbocycles. The zero-order chi connectivity index (χ0) is 22.9. The van der Waals surface area contributed by atoms with Crippen LogP contribution in [0.3, 0.4) is 0 Å². The molecule has 0 unspecified atom stereocenters. The van der Waals surface area contributed by atoms with E-state index in [9.17, 15) is 16.8 Å². The van der Waals surface area contributed by atoms with Crippen molar-refractivity contribution in [3.8, 4) is 0 Å². The molecule has 0 saturated carbocycles. The van der Waals surface area contributed by atoms with Crippen LogP contribution in [0.2, 0.25) is 0 Å². The fraction of sp³-hybridized carbons (Fsp3) is 0.520. The van der Waals surface area contributed by atoms with E-state index >= 15 is 0 Å². The minimum absolute atomic E-state index is 0.0652. The van der Waals surface area contributed by atoms with E-state index in [-0.39, 0.29) is 16.4 Å². The number of likely N-dealkylation sites (tertiary alicyclic amines) is 1. The van der Waals surface area contributed by atoms with E-state index in [1.165, 1.54) is 5.56 Å². The van der Waals surface area contributed by atoms with Crippen molar-refractivity contribution in [2.24, 2.45) is 5.92 Å². The van der Waals surface area contributed by atoms with Gasteiger partial charge in [-0.1, -0.05) is 56.3 Å². The van der Waals surface area contributed by atoms with Crippen molar-refractivity contribution in [2.75, 3.05) is 24.6 Å². The fourth-order valence-corrected chi connectivity index (χ4v) is 9.92. The maximum Gasteiger partial charge on any atom is 0.183 e. The highest BCUT2D eigenvalue weighted by Crippen LogP contribution is 2.32. The Morgan fingerprint density at radius 2 is 1.56 bits per heavy atom.